The van der Waals surface area contributed by atoms with Gasteiger partial charge in [-0.25, -0.2) is 0 Å². The van der Waals surface area contributed by atoms with Crippen molar-refractivity contribution in [3.05, 3.63) is 33.7 Å². The normalized spacial score (nSPS) is 11.1. The van der Waals surface area contributed by atoms with Crippen LogP contribution in [0.3, 0.4) is 0 Å². The quantitative estimate of drug-likeness (QED) is 0.663. The zero-order valence-electron chi connectivity index (χ0n) is 7.81. The highest BCUT2D eigenvalue weighted by Crippen LogP contribution is 2.34. The average molecular weight is 245 g/mol. The molecule has 2 rings (SSSR count). The SMILES string of the molecule is CCc1cc(Cl)c2ccsc2c1CCl. The molecular weight excluding hydrogens is 235 g/mol. The molecule has 3 heteroatoms. The molecule has 0 unspecified atom stereocenters. The first-order chi connectivity index (χ1) is 6.77. The van der Waals surface area contributed by atoms with Crippen molar-refractivity contribution in [2.75, 3.05) is 0 Å². The molecule has 0 fully saturated rings. The number of alkyl halides is 1. The van der Waals surface area contributed by atoms with Crippen molar-refractivity contribution in [3.63, 3.8) is 0 Å². The van der Waals surface area contributed by atoms with E-state index in [1.807, 2.05) is 6.07 Å². The van der Waals surface area contributed by atoms with E-state index in [4.69, 9.17) is 23.2 Å². The van der Waals surface area contributed by atoms with Crippen molar-refractivity contribution in [3.8, 4) is 0 Å². The van der Waals surface area contributed by atoms with Gasteiger partial charge in [0.05, 0.1) is 0 Å². The molecule has 0 saturated carbocycles. The average Bonchev–Trinajstić information content (AvgIpc) is 2.66. The zero-order chi connectivity index (χ0) is 10.1. The fourth-order valence-corrected chi connectivity index (χ4v) is 3.38. The molecule has 0 atom stereocenters. The Labute approximate surface area is 97.5 Å². The summed E-state index contributed by atoms with van der Waals surface area (Å²) in [6.45, 7) is 2.13. The van der Waals surface area contributed by atoms with Crippen molar-refractivity contribution >= 4 is 44.6 Å². The Morgan fingerprint density at radius 1 is 1.43 bits per heavy atom. The van der Waals surface area contributed by atoms with Gasteiger partial charge in [0, 0.05) is 21.0 Å². The van der Waals surface area contributed by atoms with Crippen LogP contribution < -0.4 is 0 Å². The molecule has 2 aromatic rings. The second-order valence-electron chi connectivity index (χ2n) is 3.15. The van der Waals surface area contributed by atoms with Gasteiger partial charge in [0.15, 0.2) is 0 Å². The summed E-state index contributed by atoms with van der Waals surface area (Å²) in [6, 6.07) is 4.09. The Morgan fingerprint density at radius 2 is 2.21 bits per heavy atom. The molecule has 0 radical (unpaired) electrons. The predicted molar refractivity (Wildman–Crippen MR) is 65.8 cm³/mol. The van der Waals surface area contributed by atoms with Crippen LogP contribution in [0.4, 0.5) is 0 Å². The Balaban J connectivity index is 2.82. The Hall–Kier alpha value is -0.240. The Morgan fingerprint density at radius 3 is 2.86 bits per heavy atom. The molecule has 0 amide bonds. The van der Waals surface area contributed by atoms with E-state index in [9.17, 15) is 0 Å². The van der Waals surface area contributed by atoms with E-state index < -0.39 is 0 Å². The lowest BCUT2D eigenvalue weighted by molar-refractivity contribution is 1.11. The van der Waals surface area contributed by atoms with Crippen LogP contribution in [0.2, 0.25) is 5.02 Å². The largest absolute Gasteiger partial charge is 0.143 e. The number of hydrogen-bond acceptors (Lipinski definition) is 1. The van der Waals surface area contributed by atoms with E-state index in [1.54, 1.807) is 11.3 Å². The minimum Gasteiger partial charge on any atom is -0.143 e. The Bertz CT molecular complexity index is 460. The summed E-state index contributed by atoms with van der Waals surface area (Å²) in [5, 5.41) is 4.03. The monoisotopic (exact) mass is 244 g/mol. The summed E-state index contributed by atoms with van der Waals surface area (Å²) in [5.41, 5.74) is 2.50. The number of aryl methyl sites for hydroxylation is 1. The van der Waals surface area contributed by atoms with Crippen molar-refractivity contribution in [1.29, 1.82) is 0 Å². The molecule has 74 valence electrons. The Kier molecular flexibility index (Phi) is 3.01. The summed E-state index contributed by atoms with van der Waals surface area (Å²) in [4.78, 5) is 0. The lowest BCUT2D eigenvalue weighted by atomic mass is 10.0. The molecule has 1 heterocycles. The van der Waals surface area contributed by atoms with Crippen LogP contribution in [0.1, 0.15) is 18.1 Å². The molecule has 0 nitrogen and oxygen atoms in total. The molecule has 1 aromatic carbocycles. The van der Waals surface area contributed by atoms with Crippen molar-refractivity contribution in [2.24, 2.45) is 0 Å². The summed E-state index contributed by atoms with van der Waals surface area (Å²) < 4.78 is 1.24. The van der Waals surface area contributed by atoms with Crippen molar-refractivity contribution in [2.45, 2.75) is 19.2 Å². The predicted octanol–water partition coefficient (Wildman–Crippen LogP) is 4.86. The number of rotatable bonds is 2. The second kappa shape index (κ2) is 4.09. The van der Waals surface area contributed by atoms with Crippen LogP contribution in [-0.4, -0.2) is 0 Å². The van der Waals surface area contributed by atoms with Crippen molar-refractivity contribution in [1.82, 2.24) is 0 Å². The highest BCUT2D eigenvalue weighted by atomic mass is 35.5. The first-order valence-corrected chi connectivity index (χ1v) is 6.30. The van der Waals surface area contributed by atoms with E-state index in [1.165, 1.54) is 15.8 Å². The van der Waals surface area contributed by atoms with Gasteiger partial charge in [-0.3, -0.25) is 0 Å². The van der Waals surface area contributed by atoms with E-state index in [0.29, 0.717) is 5.88 Å². The van der Waals surface area contributed by atoms with Gasteiger partial charge in [-0.15, -0.1) is 22.9 Å². The standard InChI is InChI=1S/C11H10Cl2S/c1-2-7-5-10(13)8-3-4-14-11(8)9(7)6-12/h3-5H,2,6H2,1H3. The minimum absolute atomic E-state index is 0.567. The van der Waals surface area contributed by atoms with Gasteiger partial charge in [-0.05, 0) is 35.1 Å². The van der Waals surface area contributed by atoms with Crippen LogP contribution in [0.15, 0.2) is 17.5 Å². The summed E-state index contributed by atoms with van der Waals surface area (Å²) >= 11 is 13.9. The van der Waals surface area contributed by atoms with E-state index in [0.717, 1.165) is 16.8 Å². The van der Waals surface area contributed by atoms with Crippen LogP contribution >= 0.6 is 34.5 Å². The van der Waals surface area contributed by atoms with Crippen LogP contribution in [0.5, 0.6) is 0 Å². The molecule has 0 aliphatic heterocycles. The topological polar surface area (TPSA) is 0 Å². The molecule has 0 aliphatic rings. The van der Waals surface area contributed by atoms with Crippen molar-refractivity contribution < 1.29 is 0 Å². The maximum atomic E-state index is 6.17. The molecule has 0 aliphatic carbocycles. The third-order valence-corrected chi connectivity index (χ3v) is 3.95. The molecule has 0 N–H and O–H groups in total. The first-order valence-electron chi connectivity index (χ1n) is 4.51. The molecule has 0 bridgehead atoms. The number of halogens is 2. The molecule has 0 saturated heterocycles. The number of fused-ring (bicyclic) bond motifs is 1. The van der Waals surface area contributed by atoms with Gasteiger partial charge in [0.2, 0.25) is 0 Å². The fraction of sp³-hybridized carbons (Fsp3) is 0.273. The zero-order valence-corrected chi connectivity index (χ0v) is 10.1. The van der Waals surface area contributed by atoms with Crippen LogP contribution in [0.25, 0.3) is 10.1 Å². The molecule has 0 spiro atoms. The molecule has 1 aromatic heterocycles. The number of hydrogen-bond donors (Lipinski definition) is 0. The summed E-state index contributed by atoms with van der Waals surface area (Å²) in [5.74, 6) is 0.567. The second-order valence-corrected chi connectivity index (χ2v) is 4.74. The van der Waals surface area contributed by atoms with Crippen LogP contribution in [-0.2, 0) is 12.3 Å². The first kappa shape index (κ1) is 10.3. The number of thiophene rings is 1. The maximum Gasteiger partial charge on any atom is 0.0495 e. The van der Waals surface area contributed by atoms with Gasteiger partial charge in [0.1, 0.15) is 0 Å². The minimum atomic E-state index is 0.567. The summed E-state index contributed by atoms with van der Waals surface area (Å²) in [6.07, 6.45) is 0.982. The van der Waals surface area contributed by atoms with Gasteiger partial charge in [-0.1, -0.05) is 18.5 Å². The number of benzene rings is 1. The van der Waals surface area contributed by atoms with Gasteiger partial charge < -0.3 is 0 Å². The van der Waals surface area contributed by atoms with Crippen LogP contribution in [0, 0.1) is 0 Å². The highest BCUT2D eigenvalue weighted by molar-refractivity contribution is 7.17. The lowest BCUT2D eigenvalue weighted by Crippen LogP contribution is -1.90. The highest BCUT2D eigenvalue weighted by Gasteiger charge is 2.10. The van der Waals surface area contributed by atoms with E-state index in [2.05, 4.69) is 18.4 Å². The van der Waals surface area contributed by atoms with E-state index in [-0.39, 0.29) is 0 Å². The maximum absolute atomic E-state index is 6.17. The van der Waals surface area contributed by atoms with Gasteiger partial charge in [0.25, 0.3) is 0 Å². The fourth-order valence-electron chi connectivity index (χ4n) is 1.66. The van der Waals surface area contributed by atoms with Gasteiger partial charge >= 0.3 is 0 Å². The summed E-state index contributed by atoms with van der Waals surface area (Å²) in [7, 11) is 0. The molecule has 14 heavy (non-hydrogen) atoms. The lowest BCUT2D eigenvalue weighted by Gasteiger charge is -2.07. The third-order valence-electron chi connectivity index (χ3n) is 2.40. The van der Waals surface area contributed by atoms with E-state index >= 15 is 0 Å². The molecular formula is C11H10Cl2S. The smallest absolute Gasteiger partial charge is 0.0495 e. The third kappa shape index (κ3) is 1.54. The van der Waals surface area contributed by atoms with Gasteiger partial charge in [-0.2, -0.15) is 0 Å².